The highest BCUT2D eigenvalue weighted by atomic mass is 16.2. The number of hydrogen-bond donors (Lipinski definition) is 1. The smallest absolute Gasteiger partial charge is 0.264 e. The van der Waals surface area contributed by atoms with Crippen molar-refractivity contribution in [2.75, 3.05) is 0 Å². The van der Waals surface area contributed by atoms with Crippen molar-refractivity contribution in [3.63, 3.8) is 0 Å². The number of fused-ring (bicyclic) bond motifs is 1. The number of hydrogen-bond acceptors (Lipinski definition) is 4. The number of rotatable bonds is 4. The third kappa shape index (κ3) is 3.13. The fourth-order valence-corrected chi connectivity index (χ4v) is 2.30. The van der Waals surface area contributed by atoms with E-state index in [0.29, 0.717) is 17.6 Å². The van der Waals surface area contributed by atoms with Crippen LogP contribution in [0.25, 0.3) is 11.0 Å². The second-order valence-corrected chi connectivity index (χ2v) is 5.45. The van der Waals surface area contributed by atoms with Gasteiger partial charge in [-0.25, -0.2) is 4.98 Å². The summed E-state index contributed by atoms with van der Waals surface area (Å²) in [5.74, 6) is -0.238. The normalized spacial score (nSPS) is 10.9. The van der Waals surface area contributed by atoms with Crippen molar-refractivity contribution in [3.8, 4) is 0 Å². The van der Waals surface area contributed by atoms with Crippen LogP contribution in [-0.2, 0) is 24.9 Å². The van der Waals surface area contributed by atoms with Gasteiger partial charge in [0.2, 0.25) is 5.91 Å². The van der Waals surface area contributed by atoms with Crippen molar-refractivity contribution in [1.29, 1.82) is 0 Å². The van der Waals surface area contributed by atoms with E-state index in [2.05, 4.69) is 15.4 Å². The van der Waals surface area contributed by atoms with Crippen LogP contribution in [0.15, 0.2) is 41.6 Å². The summed E-state index contributed by atoms with van der Waals surface area (Å²) in [5.41, 5.74) is 2.42. The van der Waals surface area contributed by atoms with E-state index in [-0.39, 0.29) is 18.0 Å². The average Bonchev–Trinajstić information content (AvgIpc) is 2.92. The molecule has 118 valence electrons. The van der Waals surface area contributed by atoms with Gasteiger partial charge in [-0.15, -0.1) is 0 Å². The molecule has 0 radical (unpaired) electrons. The van der Waals surface area contributed by atoms with Gasteiger partial charge in [0.05, 0.1) is 6.20 Å². The van der Waals surface area contributed by atoms with Crippen LogP contribution in [0.3, 0.4) is 0 Å². The highest BCUT2D eigenvalue weighted by Gasteiger charge is 2.10. The number of nitrogens with zero attached hydrogens (tertiary/aromatic N) is 4. The molecule has 0 fully saturated rings. The van der Waals surface area contributed by atoms with Crippen molar-refractivity contribution in [2.24, 2.45) is 7.05 Å². The lowest BCUT2D eigenvalue weighted by Crippen LogP contribution is -2.32. The van der Waals surface area contributed by atoms with Gasteiger partial charge in [0.1, 0.15) is 18.3 Å². The van der Waals surface area contributed by atoms with E-state index < -0.39 is 0 Å². The van der Waals surface area contributed by atoms with Crippen LogP contribution in [-0.4, -0.2) is 25.2 Å². The van der Waals surface area contributed by atoms with E-state index in [1.807, 2.05) is 31.2 Å². The summed E-state index contributed by atoms with van der Waals surface area (Å²) >= 11 is 0. The molecule has 1 N–H and O–H groups in total. The topological polar surface area (TPSA) is 81.8 Å². The molecule has 0 atom stereocenters. The first-order valence-corrected chi connectivity index (χ1v) is 7.24. The maximum Gasteiger partial charge on any atom is 0.264 e. The van der Waals surface area contributed by atoms with Crippen molar-refractivity contribution in [2.45, 2.75) is 20.0 Å². The lowest BCUT2D eigenvalue weighted by Gasteiger charge is -2.07. The van der Waals surface area contributed by atoms with E-state index in [1.54, 1.807) is 7.05 Å². The molecule has 1 aromatic carbocycles. The zero-order valence-corrected chi connectivity index (χ0v) is 13.0. The second kappa shape index (κ2) is 6.04. The molecule has 3 rings (SSSR count). The SMILES string of the molecule is Cc1ccc(CNC(=O)Cn2cnc3c(cnn3C)c2=O)cc1. The number of aryl methyl sites for hydroxylation is 2. The number of amides is 1. The molecule has 7 nitrogen and oxygen atoms in total. The van der Waals surface area contributed by atoms with Crippen molar-refractivity contribution in [3.05, 3.63) is 58.3 Å². The summed E-state index contributed by atoms with van der Waals surface area (Å²) in [4.78, 5) is 28.5. The van der Waals surface area contributed by atoms with Gasteiger partial charge in [0.15, 0.2) is 5.65 Å². The van der Waals surface area contributed by atoms with Crippen LogP contribution in [0.1, 0.15) is 11.1 Å². The summed E-state index contributed by atoms with van der Waals surface area (Å²) in [5, 5.41) is 7.20. The molecule has 23 heavy (non-hydrogen) atoms. The average molecular weight is 311 g/mol. The highest BCUT2D eigenvalue weighted by molar-refractivity contribution is 5.77. The second-order valence-electron chi connectivity index (χ2n) is 5.45. The van der Waals surface area contributed by atoms with Crippen LogP contribution >= 0.6 is 0 Å². The predicted octanol–water partition coefficient (Wildman–Crippen LogP) is 0.755. The highest BCUT2D eigenvalue weighted by Crippen LogP contribution is 2.04. The third-order valence-corrected chi connectivity index (χ3v) is 3.64. The lowest BCUT2D eigenvalue weighted by atomic mass is 10.1. The van der Waals surface area contributed by atoms with E-state index in [0.717, 1.165) is 5.56 Å². The van der Waals surface area contributed by atoms with E-state index in [1.165, 1.54) is 27.3 Å². The van der Waals surface area contributed by atoms with Gasteiger partial charge < -0.3 is 5.32 Å². The molecular formula is C16H17N5O2. The van der Waals surface area contributed by atoms with Gasteiger partial charge in [0.25, 0.3) is 5.56 Å². The molecule has 0 saturated carbocycles. The van der Waals surface area contributed by atoms with E-state index in [9.17, 15) is 9.59 Å². The molecule has 0 bridgehead atoms. The van der Waals surface area contributed by atoms with Crippen LogP contribution in [0.4, 0.5) is 0 Å². The van der Waals surface area contributed by atoms with E-state index in [4.69, 9.17) is 0 Å². The Hall–Kier alpha value is -2.96. The molecule has 0 aliphatic heterocycles. The Morgan fingerprint density at radius 3 is 2.74 bits per heavy atom. The Morgan fingerprint density at radius 1 is 1.26 bits per heavy atom. The maximum atomic E-state index is 12.3. The largest absolute Gasteiger partial charge is 0.350 e. The first kappa shape index (κ1) is 15.0. The number of benzene rings is 1. The fraction of sp³-hybridized carbons (Fsp3) is 0.250. The quantitative estimate of drug-likeness (QED) is 0.771. The molecule has 0 aliphatic rings. The molecule has 0 aliphatic carbocycles. The van der Waals surface area contributed by atoms with Crippen molar-refractivity contribution in [1.82, 2.24) is 24.6 Å². The maximum absolute atomic E-state index is 12.3. The van der Waals surface area contributed by atoms with Gasteiger partial charge in [-0.3, -0.25) is 18.8 Å². The van der Waals surface area contributed by atoms with E-state index >= 15 is 0 Å². The monoisotopic (exact) mass is 311 g/mol. The van der Waals surface area contributed by atoms with Crippen molar-refractivity contribution >= 4 is 16.9 Å². The molecule has 3 aromatic rings. The standard InChI is InChI=1S/C16H17N5O2/c1-11-3-5-12(6-4-11)7-17-14(22)9-21-10-18-15-13(16(21)23)8-19-20(15)2/h3-6,8,10H,7,9H2,1-2H3,(H,17,22). The summed E-state index contributed by atoms with van der Waals surface area (Å²) in [6.45, 7) is 2.37. The Labute approximate surface area is 132 Å². The van der Waals surface area contributed by atoms with Crippen molar-refractivity contribution < 1.29 is 4.79 Å². The molecular weight excluding hydrogens is 294 g/mol. The minimum absolute atomic E-state index is 0.0669. The zero-order chi connectivity index (χ0) is 16.4. The minimum atomic E-state index is -0.270. The first-order chi connectivity index (χ1) is 11.0. The number of carbonyl (C=O) groups is 1. The van der Waals surface area contributed by atoms with Crippen LogP contribution < -0.4 is 10.9 Å². The van der Waals surface area contributed by atoms with Gasteiger partial charge in [-0.05, 0) is 12.5 Å². The summed E-state index contributed by atoms with van der Waals surface area (Å²) < 4.78 is 2.81. The summed E-state index contributed by atoms with van der Waals surface area (Å²) in [7, 11) is 1.72. The Bertz CT molecular complexity index is 908. The van der Waals surface area contributed by atoms with Gasteiger partial charge in [-0.1, -0.05) is 29.8 Å². The van der Waals surface area contributed by atoms with Gasteiger partial charge in [0, 0.05) is 13.6 Å². The molecule has 2 aromatic heterocycles. The predicted molar refractivity (Wildman–Crippen MR) is 85.8 cm³/mol. The molecule has 1 amide bonds. The lowest BCUT2D eigenvalue weighted by molar-refractivity contribution is -0.121. The molecule has 2 heterocycles. The zero-order valence-electron chi connectivity index (χ0n) is 13.0. The molecule has 7 heteroatoms. The number of aromatic nitrogens is 4. The molecule has 0 spiro atoms. The Balaban J connectivity index is 1.69. The third-order valence-electron chi connectivity index (χ3n) is 3.64. The first-order valence-electron chi connectivity index (χ1n) is 7.24. The summed E-state index contributed by atoms with van der Waals surface area (Å²) in [6, 6.07) is 7.91. The number of carbonyl (C=O) groups excluding carboxylic acids is 1. The fourth-order valence-electron chi connectivity index (χ4n) is 2.30. The Morgan fingerprint density at radius 2 is 2.00 bits per heavy atom. The summed E-state index contributed by atoms with van der Waals surface area (Å²) in [6.07, 6.45) is 2.84. The number of nitrogens with one attached hydrogen (secondary N) is 1. The van der Waals surface area contributed by atoms with Gasteiger partial charge >= 0.3 is 0 Å². The van der Waals surface area contributed by atoms with Crippen LogP contribution in [0.2, 0.25) is 0 Å². The molecule has 0 unspecified atom stereocenters. The van der Waals surface area contributed by atoms with Gasteiger partial charge in [-0.2, -0.15) is 5.10 Å². The van der Waals surface area contributed by atoms with Crippen LogP contribution in [0, 0.1) is 6.92 Å². The molecule has 0 saturated heterocycles. The Kier molecular flexibility index (Phi) is 3.92. The van der Waals surface area contributed by atoms with Crippen LogP contribution in [0.5, 0.6) is 0 Å². The minimum Gasteiger partial charge on any atom is -0.350 e.